The van der Waals surface area contributed by atoms with Gasteiger partial charge in [0.25, 0.3) is 0 Å². The van der Waals surface area contributed by atoms with E-state index in [1.807, 2.05) is 6.92 Å². The topological polar surface area (TPSA) is 30.5 Å². The van der Waals surface area contributed by atoms with Crippen LogP contribution in [0.1, 0.15) is 31.9 Å². The Morgan fingerprint density at radius 1 is 1.11 bits per heavy atom. The molecule has 1 aromatic rings. The molecule has 19 heavy (non-hydrogen) atoms. The molecular formula is C16H27NO2. The van der Waals surface area contributed by atoms with Crippen molar-refractivity contribution in [1.82, 2.24) is 5.32 Å². The van der Waals surface area contributed by atoms with Crippen molar-refractivity contribution in [3.8, 4) is 0 Å². The summed E-state index contributed by atoms with van der Waals surface area (Å²) in [4.78, 5) is 0. The minimum absolute atomic E-state index is 0.401. The quantitative estimate of drug-likeness (QED) is 0.744. The Kier molecular flexibility index (Phi) is 7.72. The zero-order chi connectivity index (χ0) is 14.1. The molecule has 3 heteroatoms. The largest absolute Gasteiger partial charge is 0.380 e. The number of ether oxygens (including phenoxy) is 2. The number of hydrogen-bond donors (Lipinski definition) is 1. The van der Waals surface area contributed by atoms with E-state index in [2.05, 4.69) is 43.4 Å². The third-order valence-electron chi connectivity index (χ3n) is 3.21. The molecule has 0 bridgehead atoms. The maximum absolute atomic E-state index is 5.52. The fraction of sp³-hybridized carbons (Fsp3) is 0.625. The van der Waals surface area contributed by atoms with Gasteiger partial charge in [0.2, 0.25) is 0 Å². The van der Waals surface area contributed by atoms with Gasteiger partial charge in [-0.05, 0) is 24.0 Å². The monoisotopic (exact) mass is 265 g/mol. The summed E-state index contributed by atoms with van der Waals surface area (Å²) in [5.41, 5.74) is 2.50. The lowest BCUT2D eigenvalue weighted by Crippen LogP contribution is -2.37. The van der Waals surface area contributed by atoms with Gasteiger partial charge in [0.1, 0.15) is 0 Å². The van der Waals surface area contributed by atoms with Crippen LogP contribution in [0.15, 0.2) is 24.3 Å². The van der Waals surface area contributed by atoms with Gasteiger partial charge in [-0.3, -0.25) is 0 Å². The van der Waals surface area contributed by atoms with Gasteiger partial charge >= 0.3 is 0 Å². The Balaban J connectivity index is 2.44. The van der Waals surface area contributed by atoms with Crippen LogP contribution in [0.4, 0.5) is 0 Å². The van der Waals surface area contributed by atoms with E-state index in [9.17, 15) is 0 Å². The molecule has 0 amide bonds. The minimum atomic E-state index is 0.401. The molecule has 0 radical (unpaired) electrons. The standard InChI is InChI=1S/C16H27NO2/c1-5-19-12-16(13(2)3)17-10-14-6-8-15(9-7-14)11-18-4/h6-9,13,16-17H,5,10-12H2,1-4H3. The Bertz CT molecular complexity index is 335. The van der Waals surface area contributed by atoms with Gasteiger partial charge in [0, 0.05) is 26.3 Å². The first-order valence-electron chi connectivity index (χ1n) is 7.05. The smallest absolute Gasteiger partial charge is 0.0713 e. The van der Waals surface area contributed by atoms with Crippen molar-refractivity contribution < 1.29 is 9.47 Å². The number of hydrogen-bond acceptors (Lipinski definition) is 3. The average Bonchev–Trinajstić information content (AvgIpc) is 2.40. The lowest BCUT2D eigenvalue weighted by Gasteiger charge is -2.22. The Hall–Kier alpha value is -0.900. The highest BCUT2D eigenvalue weighted by atomic mass is 16.5. The summed E-state index contributed by atoms with van der Waals surface area (Å²) >= 11 is 0. The van der Waals surface area contributed by atoms with Crippen molar-refractivity contribution in [2.75, 3.05) is 20.3 Å². The maximum atomic E-state index is 5.52. The van der Waals surface area contributed by atoms with Gasteiger partial charge in [-0.2, -0.15) is 0 Å². The van der Waals surface area contributed by atoms with Crippen LogP contribution in [-0.4, -0.2) is 26.4 Å². The second-order valence-corrected chi connectivity index (χ2v) is 5.14. The van der Waals surface area contributed by atoms with Crippen LogP contribution >= 0.6 is 0 Å². The van der Waals surface area contributed by atoms with Crippen LogP contribution in [0.5, 0.6) is 0 Å². The van der Waals surface area contributed by atoms with Crippen LogP contribution in [0.25, 0.3) is 0 Å². The van der Waals surface area contributed by atoms with Crippen LogP contribution in [0.2, 0.25) is 0 Å². The van der Waals surface area contributed by atoms with Crippen molar-refractivity contribution >= 4 is 0 Å². The molecule has 0 aliphatic heterocycles. The summed E-state index contributed by atoms with van der Waals surface area (Å²) in [7, 11) is 1.72. The van der Waals surface area contributed by atoms with Crippen LogP contribution in [0, 0.1) is 5.92 Å². The fourth-order valence-corrected chi connectivity index (χ4v) is 1.90. The molecule has 0 spiro atoms. The van der Waals surface area contributed by atoms with Crippen LogP contribution < -0.4 is 5.32 Å². The van der Waals surface area contributed by atoms with E-state index in [-0.39, 0.29) is 0 Å². The predicted molar refractivity (Wildman–Crippen MR) is 79.1 cm³/mol. The molecule has 3 nitrogen and oxygen atoms in total. The summed E-state index contributed by atoms with van der Waals surface area (Å²) in [6.07, 6.45) is 0. The molecule has 0 saturated carbocycles. The molecule has 0 aromatic heterocycles. The van der Waals surface area contributed by atoms with Gasteiger partial charge in [-0.25, -0.2) is 0 Å². The Morgan fingerprint density at radius 2 is 1.74 bits per heavy atom. The zero-order valence-corrected chi connectivity index (χ0v) is 12.6. The van der Waals surface area contributed by atoms with E-state index in [0.717, 1.165) is 19.8 Å². The van der Waals surface area contributed by atoms with E-state index < -0.39 is 0 Å². The number of nitrogens with one attached hydrogen (secondary N) is 1. The highest BCUT2D eigenvalue weighted by Gasteiger charge is 2.12. The van der Waals surface area contributed by atoms with Gasteiger partial charge < -0.3 is 14.8 Å². The second-order valence-electron chi connectivity index (χ2n) is 5.14. The molecule has 108 valence electrons. The van der Waals surface area contributed by atoms with Crippen molar-refractivity contribution in [1.29, 1.82) is 0 Å². The Morgan fingerprint density at radius 3 is 2.26 bits per heavy atom. The molecule has 0 fully saturated rings. The van der Waals surface area contributed by atoms with Crippen molar-refractivity contribution in [3.63, 3.8) is 0 Å². The molecule has 1 rings (SSSR count). The molecule has 1 atom stereocenters. The third-order valence-corrected chi connectivity index (χ3v) is 3.21. The number of methoxy groups -OCH3 is 1. The first kappa shape index (κ1) is 16.2. The van der Waals surface area contributed by atoms with Gasteiger partial charge in [-0.1, -0.05) is 38.1 Å². The highest BCUT2D eigenvalue weighted by Crippen LogP contribution is 2.08. The van der Waals surface area contributed by atoms with Crippen molar-refractivity contribution in [2.45, 2.75) is 40.0 Å². The van der Waals surface area contributed by atoms with E-state index in [0.29, 0.717) is 18.6 Å². The third kappa shape index (κ3) is 6.19. The number of benzene rings is 1. The SMILES string of the molecule is CCOCC(NCc1ccc(COC)cc1)C(C)C. The van der Waals surface area contributed by atoms with Crippen molar-refractivity contribution in [2.24, 2.45) is 5.92 Å². The maximum Gasteiger partial charge on any atom is 0.0713 e. The van der Waals surface area contributed by atoms with E-state index in [4.69, 9.17) is 9.47 Å². The van der Waals surface area contributed by atoms with Gasteiger partial charge in [0.15, 0.2) is 0 Å². The highest BCUT2D eigenvalue weighted by molar-refractivity contribution is 5.22. The molecule has 1 unspecified atom stereocenters. The first-order chi connectivity index (χ1) is 9.17. The summed E-state index contributed by atoms with van der Waals surface area (Å²) in [5.74, 6) is 0.569. The van der Waals surface area contributed by atoms with Crippen LogP contribution in [0.3, 0.4) is 0 Å². The van der Waals surface area contributed by atoms with E-state index in [1.54, 1.807) is 7.11 Å². The molecule has 1 aromatic carbocycles. The lowest BCUT2D eigenvalue weighted by atomic mass is 10.0. The van der Waals surface area contributed by atoms with Crippen LogP contribution in [-0.2, 0) is 22.6 Å². The predicted octanol–water partition coefficient (Wildman–Crippen LogP) is 2.98. The number of rotatable bonds is 9. The minimum Gasteiger partial charge on any atom is -0.380 e. The molecule has 0 aliphatic rings. The second kappa shape index (κ2) is 9.08. The fourth-order valence-electron chi connectivity index (χ4n) is 1.90. The summed E-state index contributed by atoms with van der Waals surface area (Å²) < 4.78 is 10.6. The van der Waals surface area contributed by atoms with Gasteiger partial charge in [-0.15, -0.1) is 0 Å². The summed E-state index contributed by atoms with van der Waals surface area (Å²) in [5, 5.41) is 3.57. The van der Waals surface area contributed by atoms with Crippen molar-refractivity contribution in [3.05, 3.63) is 35.4 Å². The average molecular weight is 265 g/mol. The lowest BCUT2D eigenvalue weighted by molar-refractivity contribution is 0.108. The Labute approximate surface area is 117 Å². The van der Waals surface area contributed by atoms with E-state index in [1.165, 1.54) is 11.1 Å². The summed E-state index contributed by atoms with van der Waals surface area (Å²) in [6.45, 7) is 9.57. The molecule has 1 N–H and O–H groups in total. The molecule has 0 aliphatic carbocycles. The van der Waals surface area contributed by atoms with Gasteiger partial charge in [0.05, 0.1) is 13.2 Å². The normalized spacial score (nSPS) is 12.9. The molecule has 0 heterocycles. The zero-order valence-electron chi connectivity index (χ0n) is 12.6. The van der Waals surface area contributed by atoms with E-state index >= 15 is 0 Å². The summed E-state index contributed by atoms with van der Waals surface area (Å²) in [6, 6.07) is 8.94. The molecule has 0 saturated heterocycles. The first-order valence-corrected chi connectivity index (χ1v) is 7.05. The molecular weight excluding hydrogens is 238 g/mol.